The molecule has 0 unspecified atom stereocenters. The highest BCUT2D eigenvalue weighted by Gasteiger charge is 1.91. The minimum Gasteiger partial charge on any atom is -0.296 e. The van der Waals surface area contributed by atoms with Crippen molar-refractivity contribution in [2.75, 3.05) is 7.05 Å². The van der Waals surface area contributed by atoms with Crippen LogP contribution in [0.1, 0.15) is 26.7 Å². The second-order valence-electron chi connectivity index (χ2n) is 2.51. The van der Waals surface area contributed by atoms with Gasteiger partial charge in [0.25, 0.3) is 0 Å². The zero-order valence-electron chi connectivity index (χ0n) is 7.42. The summed E-state index contributed by atoms with van der Waals surface area (Å²) in [5.41, 5.74) is 1.73. The van der Waals surface area contributed by atoms with E-state index in [1.54, 1.807) is 7.05 Å². The third kappa shape index (κ3) is 4.48. The Kier molecular flexibility index (Phi) is 5.35. The van der Waals surface area contributed by atoms with E-state index in [1.807, 2.05) is 13.0 Å². The maximum atomic E-state index is 10.3. The molecule has 0 radical (unpaired) electrons. The molecule has 0 saturated carbocycles. The van der Waals surface area contributed by atoms with Crippen molar-refractivity contribution in [3.05, 3.63) is 11.6 Å². The van der Waals surface area contributed by atoms with Gasteiger partial charge in [0, 0.05) is 7.05 Å². The molecule has 11 heavy (non-hydrogen) atoms. The van der Waals surface area contributed by atoms with Gasteiger partial charge in [-0.2, -0.15) is 0 Å². The summed E-state index contributed by atoms with van der Waals surface area (Å²) < 4.78 is 0. The summed E-state index contributed by atoms with van der Waals surface area (Å²) in [7, 11) is 1.62. The molecule has 0 saturated heterocycles. The number of rotatable bonds is 4. The van der Waals surface area contributed by atoms with Crippen LogP contribution in [0.5, 0.6) is 0 Å². The second kappa shape index (κ2) is 5.83. The topological polar surface area (TPSA) is 29.4 Å². The van der Waals surface area contributed by atoms with Crippen LogP contribution in [-0.2, 0) is 4.79 Å². The van der Waals surface area contributed by atoms with Gasteiger partial charge in [-0.3, -0.25) is 9.79 Å². The monoisotopic (exact) mass is 153 g/mol. The van der Waals surface area contributed by atoms with Crippen molar-refractivity contribution in [2.24, 2.45) is 4.99 Å². The molecule has 0 N–H and O–H groups in total. The first-order valence-electron chi connectivity index (χ1n) is 3.83. The summed E-state index contributed by atoms with van der Waals surface area (Å²) in [6, 6.07) is 0. The van der Waals surface area contributed by atoms with E-state index in [4.69, 9.17) is 0 Å². The predicted octanol–water partition coefficient (Wildman–Crippen LogP) is 2.00. The lowest BCUT2D eigenvalue weighted by Crippen LogP contribution is -1.95. The Balaban J connectivity index is 4.15. The Hall–Kier alpha value is -0.920. The molecule has 0 aromatic carbocycles. The van der Waals surface area contributed by atoms with Crippen LogP contribution in [-0.4, -0.2) is 19.0 Å². The highest BCUT2D eigenvalue weighted by molar-refractivity contribution is 6.33. The molecule has 0 aromatic heterocycles. The van der Waals surface area contributed by atoms with Gasteiger partial charge >= 0.3 is 0 Å². The van der Waals surface area contributed by atoms with E-state index >= 15 is 0 Å². The number of hydrogen-bond donors (Lipinski definition) is 0. The summed E-state index contributed by atoms with van der Waals surface area (Å²) >= 11 is 0. The molecule has 0 rings (SSSR count). The van der Waals surface area contributed by atoms with Gasteiger partial charge in [-0.05, 0) is 19.4 Å². The molecule has 0 spiro atoms. The molecular formula is C9H15NO. The average Bonchev–Trinajstić information content (AvgIpc) is 2.01. The number of nitrogens with zero attached hydrogens (tertiary/aromatic N) is 1. The van der Waals surface area contributed by atoms with Crippen molar-refractivity contribution in [1.82, 2.24) is 0 Å². The molecule has 2 heteroatoms. The van der Waals surface area contributed by atoms with E-state index in [-0.39, 0.29) is 0 Å². The van der Waals surface area contributed by atoms with Crippen molar-refractivity contribution in [1.29, 1.82) is 0 Å². The van der Waals surface area contributed by atoms with Crippen molar-refractivity contribution >= 4 is 12.0 Å². The number of carbonyl (C=O) groups excluding carboxylic acids is 1. The van der Waals surface area contributed by atoms with Crippen molar-refractivity contribution < 1.29 is 4.79 Å². The maximum absolute atomic E-state index is 10.3. The number of allylic oxidation sites excluding steroid dienone is 2. The Morgan fingerprint density at radius 1 is 1.55 bits per heavy atom. The molecular weight excluding hydrogens is 138 g/mol. The second-order valence-corrected chi connectivity index (χ2v) is 2.51. The van der Waals surface area contributed by atoms with Gasteiger partial charge in [-0.1, -0.05) is 18.9 Å². The lowest BCUT2D eigenvalue weighted by atomic mass is 10.1. The van der Waals surface area contributed by atoms with Crippen LogP contribution >= 0.6 is 0 Å². The van der Waals surface area contributed by atoms with Gasteiger partial charge in [0.15, 0.2) is 6.29 Å². The first-order chi connectivity index (χ1) is 5.24. The lowest BCUT2D eigenvalue weighted by molar-refractivity contribution is -0.102. The van der Waals surface area contributed by atoms with Gasteiger partial charge in [0.1, 0.15) is 0 Å². The summed E-state index contributed by atoms with van der Waals surface area (Å²) in [6.45, 7) is 4.12. The van der Waals surface area contributed by atoms with Crippen LogP contribution in [0.2, 0.25) is 0 Å². The first kappa shape index (κ1) is 10.1. The molecule has 0 amide bonds. The molecule has 0 heterocycles. The van der Waals surface area contributed by atoms with Crippen LogP contribution in [0.3, 0.4) is 0 Å². The van der Waals surface area contributed by atoms with Crippen molar-refractivity contribution in [3.63, 3.8) is 0 Å². The average molecular weight is 153 g/mol. The molecule has 2 nitrogen and oxygen atoms in total. The smallest absolute Gasteiger partial charge is 0.167 e. The zero-order valence-corrected chi connectivity index (χ0v) is 7.42. The van der Waals surface area contributed by atoms with E-state index in [0.717, 1.165) is 19.1 Å². The molecule has 0 aromatic rings. The number of aldehydes is 1. The van der Waals surface area contributed by atoms with E-state index in [0.29, 0.717) is 5.71 Å². The zero-order chi connectivity index (χ0) is 8.69. The molecule has 62 valence electrons. The minimum atomic E-state index is 0.524. The van der Waals surface area contributed by atoms with E-state index < -0.39 is 0 Å². The fraction of sp³-hybridized carbons (Fsp3) is 0.556. The van der Waals surface area contributed by atoms with Gasteiger partial charge in [0.05, 0.1) is 5.71 Å². The Morgan fingerprint density at radius 3 is 2.55 bits per heavy atom. The molecule has 0 aliphatic heterocycles. The Morgan fingerprint density at radius 2 is 2.18 bits per heavy atom. The fourth-order valence-electron chi connectivity index (χ4n) is 0.870. The lowest BCUT2D eigenvalue weighted by Gasteiger charge is -1.95. The normalized spacial score (nSPS) is 13.4. The standard InChI is InChI=1S/C9H15NO/c1-4-5-8(2)6-9(7-11)10-3/h6-7H,4-5H2,1-3H3/b8-6-,10-9?. The van der Waals surface area contributed by atoms with Crippen molar-refractivity contribution in [3.8, 4) is 0 Å². The van der Waals surface area contributed by atoms with Gasteiger partial charge in [0.2, 0.25) is 0 Å². The van der Waals surface area contributed by atoms with Crippen molar-refractivity contribution in [2.45, 2.75) is 26.7 Å². The van der Waals surface area contributed by atoms with E-state index in [9.17, 15) is 4.79 Å². The van der Waals surface area contributed by atoms with Crippen LogP contribution in [0.25, 0.3) is 0 Å². The largest absolute Gasteiger partial charge is 0.296 e. The molecule has 0 fully saturated rings. The maximum Gasteiger partial charge on any atom is 0.167 e. The van der Waals surface area contributed by atoms with Gasteiger partial charge in [-0.25, -0.2) is 0 Å². The van der Waals surface area contributed by atoms with Crippen LogP contribution in [0.4, 0.5) is 0 Å². The first-order valence-corrected chi connectivity index (χ1v) is 3.83. The third-order valence-electron chi connectivity index (χ3n) is 1.42. The molecule has 0 atom stereocenters. The summed E-state index contributed by atoms with van der Waals surface area (Å²) in [6.07, 6.45) is 4.75. The van der Waals surface area contributed by atoms with Crippen LogP contribution < -0.4 is 0 Å². The Labute approximate surface area is 68.0 Å². The Bertz CT molecular complexity index is 180. The number of hydrogen-bond acceptors (Lipinski definition) is 2. The fourth-order valence-corrected chi connectivity index (χ4v) is 0.870. The quantitative estimate of drug-likeness (QED) is 0.448. The molecule has 0 bridgehead atoms. The predicted molar refractivity (Wildman–Crippen MR) is 48.1 cm³/mol. The van der Waals surface area contributed by atoms with Crippen LogP contribution in [0.15, 0.2) is 16.6 Å². The highest BCUT2D eigenvalue weighted by Crippen LogP contribution is 2.02. The highest BCUT2D eigenvalue weighted by atomic mass is 16.1. The summed E-state index contributed by atoms with van der Waals surface area (Å²) in [5, 5.41) is 0. The van der Waals surface area contributed by atoms with E-state index in [1.165, 1.54) is 5.57 Å². The summed E-state index contributed by atoms with van der Waals surface area (Å²) in [5.74, 6) is 0. The van der Waals surface area contributed by atoms with Crippen LogP contribution in [0, 0.1) is 0 Å². The minimum absolute atomic E-state index is 0.524. The molecule has 0 aliphatic carbocycles. The molecule has 0 aliphatic rings. The third-order valence-corrected chi connectivity index (χ3v) is 1.42. The van der Waals surface area contributed by atoms with Gasteiger partial charge in [-0.15, -0.1) is 0 Å². The number of carbonyl (C=O) groups is 1. The van der Waals surface area contributed by atoms with Gasteiger partial charge < -0.3 is 0 Å². The SMILES string of the molecule is CCC/C(C)=C\C(C=O)=NC. The number of aliphatic imine (C=N–C) groups is 1. The summed E-state index contributed by atoms with van der Waals surface area (Å²) in [4.78, 5) is 14.1. The van der Waals surface area contributed by atoms with E-state index in [2.05, 4.69) is 11.9 Å².